The Morgan fingerprint density at radius 3 is 2.25 bits per heavy atom. The Bertz CT molecular complexity index is 184. The molecule has 5 N–H and O–H groups in total. The first-order chi connectivity index (χ1) is 5.52. The number of carboxylic acids is 1. The van der Waals surface area contributed by atoms with Crippen LogP contribution in [0.15, 0.2) is 0 Å². The highest BCUT2D eigenvalue weighted by Gasteiger charge is 2.37. The van der Waals surface area contributed by atoms with Crippen molar-refractivity contribution in [2.45, 2.75) is 31.1 Å². The summed E-state index contributed by atoms with van der Waals surface area (Å²) in [5.74, 6) is -1.74. The fraction of sp³-hybridized carbons (Fsp3) is 0.857. The highest BCUT2D eigenvalue weighted by atomic mass is 16.4. The lowest BCUT2D eigenvalue weighted by atomic mass is 9.82. The van der Waals surface area contributed by atoms with Gasteiger partial charge in [0.25, 0.3) is 0 Å². The van der Waals surface area contributed by atoms with E-state index in [2.05, 4.69) is 0 Å². The molecule has 5 heteroatoms. The van der Waals surface area contributed by atoms with Gasteiger partial charge in [0.05, 0.1) is 18.1 Å². The van der Waals surface area contributed by atoms with Crippen molar-refractivity contribution in [2.24, 2.45) is 11.7 Å². The van der Waals surface area contributed by atoms with Gasteiger partial charge < -0.3 is 21.1 Å². The van der Waals surface area contributed by atoms with Crippen LogP contribution < -0.4 is 5.73 Å². The van der Waals surface area contributed by atoms with Gasteiger partial charge in [-0.2, -0.15) is 0 Å². The van der Waals surface area contributed by atoms with Crippen molar-refractivity contribution in [3.8, 4) is 0 Å². The summed E-state index contributed by atoms with van der Waals surface area (Å²) >= 11 is 0. The smallest absolute Gasteiger partial charge is 0.308 e. The zero-order valence-corrected chi connectivity index (χ0v) is 6.55. The van der Waals surface area contributed by atoms with E-state index in [0.717, 1.165) is 0 Å². The molecule has 0 aromatic carbocycles. The first kappa shape index (κ1) is 9.44. The number of hydrogen-bond acceptors (Lipinski definition) is 4. The van der Waals surface area contributed by atoms with Gasteiger partial charge in [-0.05, 0) is 12.8 Å². The number of carbonyl (C=O) groups is 1. The molecule has 1 aliphatic carbocycles. The van der Waals surface area contributed by atoms with Crippen LogP contribution in [0.1, 0.15) is 12.8 Å². The molecule has 12 heavy (non-hydrogen) atoms. The quantitative estimate of drug-likeness (QED) is 0.389. The lowest BCUT2D eigenvalue weighted by molar-refractivity contribution is -0.147. The molecule has 0 spiro atoms. The summed E-state index contributed by atoms with van der Waals surface area (Å²) in [7, 11) is 0. The molecule has 0 heterocycles. The second-order valence-corrected chi connectivity index (χ2v) is 3.21. The molecule has 4 atom stereocenters. The van der Waals surface area contributed by atoms with Gasteiger partial charge in [-0.25, -0.2) is 0 Å². The van der Waals surface area contributed by atoms with Crippen LogP contribution in [0.5, 0.6) is 0 Å². The average molecular weight is 175 g/mol. The third kappa shape index (κ3) is 1.74. The molecule has 0 unspecified atom stereocenters. The molecular weight excluding hydrogens is 162 g/mol. The maximum Gasteiger partial charge on any atom is 0.308 e. The number of hydrogen-bond donors (Lipinski definition) is 4. The van der Waals surface area contributed by atoms with E-state index >= 15 is 0 Å². The predicted octanol–water partition coefficient (Wildman–Crippen LogP) is -1.47. The van der Waals surface area contributed by atoms with Gasteiger partial charge in [0.15, 0.2) is 0 Å². The van der Waals surface area contributed by atoms with E-state index in [1.807, 2.05) is 0 Å². The molecule has 1 rings (SSSR count). The Morgan fingerprint density at radius 2 is 1.75 bits per heavy atom. The molecule has 1 aliphatic rings. The summed E-state index contributed by atoms with van der Waals surface area (Å²) < 4.78 is 0. The normalized spacial score (nSPS) is 42.6. The molecule has 0 aromatic heterocycles. The summed E-state index contributed by atoms with van der Waals surface area (Å²) in [5.41, 5.74) is 5.48. The number of aliphatic hydroxyl groups excluding tert-OH is 2. The maximum absolute atomic E-state index is 10.5. The Labute approximate surface area is 69.8 Å². The highest BCUT2D eigenvalue weighted by molar-refractivity contribution is 5.71. The van der Waals surface area contributed by atoms with E-state index in [-0.39, 0.29) is 12.8 Å². The van der Waals surface area contributed by atoms with Gasteiger partial charge in [-0.1, -0.05) is 0 Å². The molecule has 0 radical (unpaired) electrons. The Balaban J connectivity index is 2.61. The van der Waals surface area contributed by atoms with E-state index in [4.69, 9.17) is 21.1 Å². The van der Waals surface area contributed by atoms with Crippen LogP contribution in [-0.4, -0.2) is 39.5 Å². The summed E-state index contributed by atoms with van der Waals surface area (Å²) in [6, 6.07) is -0.555. The standard InChI is InChI=1S/C7H13NO4/c8-4-2-6(10)5(9)1-3(4)7(11)12/h3-6,9-10H,1-2,8H2,(H,11,12)/t3-,4-,5+,6-/m1/s1. The van der Waals surface area contributed by atoms with Crippen LogP contribution >= 0.6 is 0 Å². The average Bonchev–Trinajstić information content (AvgIpc) is 1.96. The molecule has 70 valence electrons. The molecule has 0 aliphatic heterocycles. The van der Waals surface area contributed by atoms with Gasteiger partial charge in [0, 0.05) is 6.04 Å². The molecule has 0 bridgehead atoms. The van der Waals surface area contributed by atoms with Crippen LogP contribution in [-0.2, 0) is 4.79 Å². The van der Waals surface area contributed by atoms with E-state index in [0.29, 0.717) is 0 Å². The number of nitrogens with two attached hydrogens (primary N) is 1. The van der Waals surface area contributed by atoms with Crippen LogP contribution in [0.25, 0.3) is 0 Å². The molecule has 0 saturated heterocycles. The predicted molar refractivity (Wildman–Crippen MR) is 40.3 cm³/mol. The highest BCUT2D eigenvalue weighted by Crippen LogP contribution is 2.23. The molecular formula is C7H13NO4. The SMILES string of the molecule is N[C@@H]1C[C@@H](O)[C@@H](O)C[C@H]1C(=O)O. The minimum Gasteiger partial charge on any atom is -0.481 e. The number of aliphatic hydroxyl groups is 2. The van der Waals surface area contributed by atoms with E-state index in [9.17, 15) is 4.79 Å². The van der Waals surface area contributed by atoms with Crippen LogP contribution in [0.2, 0.25) is 0 Å². The third-order valence-electron chi connectivity index (χ3n) is 2.29. The van der Waals surface area contributed by atoms with Crippen molar-refractivity contribution >= 4 is 5.97 Å². The van der Waals surface area contributed by atoms with Crippen molar-refractivity contribution in [3.05, 3.63) is 0 Å². The second kappa shape index (κ2) is 3.38. The number of aliphatic carboxylic acids is 1. The van der Waals surface area contributed by atoms with E-state index in [1.165, 1.54) is 0 Å². The van der Waals surface area contributed by atoms with Crippen LogP contribution in [0, 0.1) is 5.92 Å². The minimum absolute atomic E-state index is 0.0394. The summed E-state index contributed by atoms with van der Waals surface area (Å²) in [5, 5.41) is 26.9. The van der Waals surface area contributed by atoms with Crippen molar-refractivity contribution in [2.75, 3.05) is 0 Å². The lowest BCUT2D eigenvalue weighted by Crippen LogP contribution is -2.48. The van der Waals surface area contributed by atoms with Crippen molar-refractivity contribution < 1.29 is 20.1 Å². The minimum atomic E-state index is -1.01. The zero-order chi connectivity index (χ0) is 9.30. The molecule has 0 amide bonds. The van der Waals surface area contributed by atoms with E-state index < -0.39 is 30.1 Å². The van der Waals surface area contributed by atoms with Crippen LogP contribution in [0.4, 0.5) is 0 Å². The fourth-order valence-corrected chi connectivity index (χ4v) is 1.48. The number of rotatable bonds is 1. The maximum atomic E-state index is 10.5. The summed E-state index contributed by atoms with van der Waals surface area (Å²) in [6.45, 7) is 0. The first-order valence-corrected chi connectivity index (χ1v) is 3.87. The largest absolute Gasteiger partial charge is 0.481 e. The Kier molecular flexibility index (Phi) is 2.66. The topological polar surface area (TPSA) is 104 Å². The first-order valence-electron chi connectivity index (χ1n) is 3.87. The third-order valence-corrected chi connectivity index (χ3v) is 2.29. The monoisotopic (exact) mass is 175 g/mol. The van der Waals surface area contributed by atoms with Crippen molar-refractivity contribution in [1.82, 2.24) is 0 Å². The number of carboxylic acid groups (broad SMARTS) is 1. The second-order valence-electron chi connectivity index (χ2n) is 3.21. The van der Waals surface area contributed by atoms with Crippen molar-refractivity contribution in [1.29, 1.82) is 0 Å². The van der Waals surface area contributed by atoms with Crippen LogP contribution in [0.3, 0.4) is 0 Å². The van der Waals surface area contributed by atoms with E-state index in [1.54, 1.807) is 0 Å². The van der Waals surface area contributed by atoms with Crippen molar-refractivity contribution in [3.63, 3.8) is 0 Å². The molecule has 1 saturated carbocycles. The Morgan fingerprint density at radius 1 is 1.25 bits per heavy atom. The molecule has 1 fully saturated rings. The lowest BCUT2D eigenvalue weighted by Gasteiger charge is -2.32. The van der Waals surface area contributed by atoms with Gasteiger partial charge in [-0.3, -0.25) is 4.79 Å². The zero-order valence-electron chi connectivity index (χ0n) is 6.55. The summed E-state index contributed by atoms with van der Waals surface area (Å²) in [4.78, 5) is 10.5. The van der Waals surface area contributed by atoms with Gasteiger partial charge in [0.1, 0.15) is 0 Å². The van der Waals surface area contributed by atoms with Gasteiger partial charge >= 0.3 is 5.97 Å². The fourth-order valence-electron chi connectivity index (χ4n) is 1.48. The Hall–Kier alpha value is -0.650. The molecule has 0 aromatic rings. The summed E-state index contributed by atoms with van der Waals surface area (Å²) in [6.07, 6.45) is -1.64. The molecule has 5 nitrogen and oxygen atoms in total. The van der Waals surface area contributed by atoms with Gasteiger partial charge in [0.2, 0.25) is 0 Å². The van der Waals surface area contributed by atoms with Gasteiger partial charge in [-0.15, -0.1) is 0 Å².